The van der Waals surface area contributed by atoms with Gasteiger partial charge in [0.25, 0.3) is 0 Å². The van der Waals surface area contributed by atoms with E-state index in [1.165, 1.54) is 0 Å². The van der Waals surface area contributed by atoms with Gasteiger partial charge in [0, 0.05) is 13.5 Å². The number of rotatable bonds is 4. The van der Waals surface area contributed by atoms with Gasteiger partial charge in [-0.3, -0.25) is 9.78 Å². The van der Waals surface area contributed by atoms with Crippen LogP contribution in [0.25, 0.3) is 0 Å². The minimum Gasteiger partial charge on any atom is -0.342 e. The molecule has 0 aliphatic carbocycles. The van der Waals surface area contributed by atoms with Gasteiger partial charge in [-0.2, -0.15) is 5.26 Å². The van der Waals surface area contributed by atoms with E-state index in [-0.39, 0.29) is 5.78 Å². The van der Waals surface area contributed by atoms with Gasteiger partial charge in [-0.1, -0.05) is 19.1 Å². The molecule has 4 heteroatoms. The summed E-state index contributed by atoms with van der Waals surface area (Å²) in [4.78, 5) is 17.6. The van der Waals surface area contributed by atoms with Gasteiger partial charge in [-0.15, -0.1) is 0 Å². The number of anilines is 2. The van der Waals surface area contributed by atoms with Crippen molar-refractivity contribution in [1.29, 1.82) is 5.26 Å². The Morgan fingerprint density at radius 3 is 2.65 bits per heavy atom. The Hall–Kier alpha value is -2.67. The van der Waals surface area contributed by atoms with Crippen LogP contribution in [0, 0.1) is 11.3 Å². The minimum atomic E-state index is 0.0247. The third-order valence-electron chi connectivity index (χ3n) is 3.13. The maximum absolute atomic E-state index is 11.5. The molecule has 0 radical (unpaired) electrons. The standard InChI is InChI=1S/C16H15N3O/c1-3-16(20)14-9-8-13(11-18-14)19(2)15-7-5-4-6-12(15)10-17/h4-9,11H,3H2,1-2H3. The second kappa shape index (κ2) is 5.98. The highest BCUT2D eigenvalue weighted by Crippen LogP contribution is 2.26. The number of carbonyl (C=O) groups is 1. The monoisotopic (exact) mass is 265 g/mol. The van der Waals surface area contributed by atoms with Crippen LogP contribution in [0.5, 0.6) is 0 Å². The van der Waals surface area contributed by atoms with E-state index in [0.29, 0.717) is 17.7 Å². The van der Waals surface area contributed by atoms with E-state index < -0.39 is 0 Å². The van der Waals surface area contributed by atoms with E-state index in [0.717, 1.165) is 11.4 Å². The SMILES string of the molecule is CCC(=O)c1ccc(N(C)c2ccccc2C#N)cn1. The van der Waals surface area contributed by atoms with E-state index in [9.17, 15) is 4.79 Å². The lowest BCUT2D eigenvalue weighted by molar-refractivity contribution is 0.0983. The molecule has 1 heterocycles. The molecule has 0 spiro atoms. The molecule has 2 rings (SSSR count). The second-order valence-electron chi connectivity index (χ2n) is 4.37. The zero-order valence-corrected chi connectivity index (χ0v) is 11.5. The number of nitrogens with zero attached hydrogens (tertiary/aromatic N) is 3. The molecule has 20 heavy (non-hydrogen) atoms. The van der Waals surface area contributed by atoms with Crippen molar-refractivity contribution in [2.75, 3.05) is 11.9 Å². The van der Waals surface area contributed by atoms with Crippen LogP contribution in [0.1, 0.15) is 29.4 Å². The number of hydrogen-bond acceptors (Lipinski definition) is 4. The highest BCUT2D eigenvalue weighted by atomic mass is 16.1. The molecule has 0 bridgehead atoms. The number of carbonyl (C=O) groups excluding carboxylic acids is 1. The molecule has 0 amide bonds. The van der Waals surface area contributed by atoms with Crippen molar-refractivity contribution in [3.63, 3.8) is 0 Å². The van der Waals surface area contributed by atoms with Crippen LogP contribution in [0.4, 0.5) is 11.4 Å². The van der Waals surface area contributed by atoms with Crippen molar-refractivity contribution in [2.24, 2.45) is 0 Å². The first-order chi connectivity index (χ1) is 9.67. The van der Waals surface area contributed by atoms with Crippen LogP contribution >= 0.6 is 0 Å². The summed E-state index contributed by atoms with van der Waals surface area (Å²) in [6.07, 6.45) is 2.09. The first-order valence-electron chi connectivity index (χ1n) is 6.39. The Kier molecular flexibility index (Phi) is 4.11. The zero-order chi connectivity index (χ0) is 14.5. The number of pyridine rings is 1. The van der Waals surface area contributed by atoms with Crippen molar-refractivity contribution < 1.29 is 4.79 Å². The highest BCUT2D eigenvalue weighted by molar-refractivity contribution is 5.94. The first kappa shape index (κ1) is 13.8. The molecule has 100 valence electrons. The molecule has 0 atom stereocenters. The average Bonchev–Trinajstić information content (AvgIpc) is 2.53. The van der Waals surface area contributed by atoms with Gasteiger partial charge in [-0.25, -0.2) is 0 Å². The summed E-state index contributed by atoms with van der Waals surface area (Å²) in [5.74, 6) is 0.0247. The van der Waals surface area contributed by atoms with E-state index in [1.54, 1.807) is 18.3 Å². The summed E-state index contributed by atoms with van der Waals surface area (Å²) in [5.41, 5.74) is 2.72. The molecule has 0 aliphatic rings. The normalized spacial score (nSPS) is 9.85. The van der Waals surface area contributed by atoms with Crippen molar-refractivity contribution in [1.82, 2.24) is 4.98 Å². The number of aromatic nitrogens is 1. The number of Topliss-reactive ketones (excluding diaryl/α,β-unsaturated/α-hetero) is 1. The first-order valence-corrected chi connectivity index (χ1v) is 6.39. The summed E-state index contributed by atoms with van der Waals surface area (Å²) < 4.78 is 0. The van der Waals surface area contributed by atoms with Gasteiger partial charge < -0.3 is 4.90 Å². The largest absolute Gasteiger partial charge is 0.342 e. The van der Waals surface area contributed by atoms with Crippen LogP contribution in [0.2, 0.25) is 0 Å². The third kappa shape index (κ3) is 2.67. The summed E-state index contributed by atoms with van der Waals surface area (Å²) >= 11 is 0. The average molecular weight is 265 g/mol. The summed E-state index contributed by atoms with van der Waals surface area (Å²) in [6.45, 7) is 1.81. The van der Waals surface area contributed by atoms with Crippen LogP contribution in [-0.2, 0) is 0 Å². The van der Waals surface area contributed by atoms with Gasteiger partial charge in [-0.05, 0) is 24.3 Å². The molecule has 4 nitrogen and oxygen atoms in total. The molecule has 2 aromatic rings. The zero-order valence-electron chi connectivity index (χ0n) is 11.5. The van der Waals surface area contributed by atoms with Gasteiger partial charge in [0.05, 0.1) is 23.1 Å². The molecule has 0 saturated carbocycles. The van der Waals surface area contributed by atoms with E-state index in [1.807, 2.05) is 43.1 Å². The quantitative estimate of drug-likeness (QED) is 0.796. The van der Waals surface area contributed by atoms with Gasteiger partial charge in [0.1, 0.15) is 11.8 Å². The fourth-order valence-electron chi connectivity index (χ4n) is 1.93. The fourth-order valence-corrected chi connectivity index (χ4v) is 1.93. The van der Waals surface area contributed by atoms with Crippen molar-refractivity contribution in [3.05, 3.63) is 53.9 Å². The molecule has 1 aromatic heterocycles. The highest BCUT2D eigenvalue weighted by Gasteiger charge is 2.10. The second-order valence-corrected chi connectivity index (χ2v) is 4.37. The number of para-hydroxylation sites is 1. The topological polar surface area (TPSA) is 57.0 Å². The lowest BCUT2D eigenvalue weighted by Gasteiger charge is -2.20. The number of hydrogen-bond donors (Lipinski definition) is 0. The Morgan fingerprint density at radius 1 is 1.30 bits per heavy atom. The molecular weight excluding hydrogens is 250 g/mol. The maximum Gasteiger partial charge on any atom is 0.180 e. The Bertz CT molecular complexity index is 656. The van der Waals surface area contributed by atoms with E-state index in [4.69, 9.17) is 5.26 Å². The van der Waals surface area contributed by atoms with Crippen molar-refractivity contribution >= 4 is 17.2 Å². The minimum absolute atomic E-state index is 0.0247. The van der Waals surface area contributed by atoms with Gasteiger partial charge in [0.15, 0.2) is 5.78 Å². The van der Waals surface area contributed by atoms with Crippen LogP contribution < -0.4 is 4.90 Å². The summed E-state index contributed by atoms with van der Waals surface area (Å²) in [5, 5.41) is 9.13. The van der Waals surface area contributed by atoms with E-state index in [2.05, 4.69) is 11.1 Å². The Balaban J connectivity index is 2.32. The molecule has 0 aliphatic heterocycles. The third-order valence-corrected chi connectivity index (χ3v) is 3.13. The number of nitriles is 1. The predicted octanol–water partition coefficient (Wildman–Crippen LogP) is 3.31. The smallest absolute Gasteiger partial charge is 0.180 e. The van der Waals surface area contributed by atoms with E-state index >= 15 is 0 Å². The lowest BCUT2D eigenvalue weighted by atomic mass is 10.1. The van der Waals surface area contributed by atoms with Crippen LogP contribution in [-0.4, -0.2) is 17.8 Å². The van der Waals surface area contributed by atoms with Crippen molar-refractivity contribution in [2.45, 2.75) is 13.3 Å². The molecule has 0 saturated heterocycles. The molecule has 0 N–H and O–H groups in total. The van der Waals surface area contributed by atoms with Crippen LogP contribution in [0.15, 0.2) is 42.6 Å². The summed E-state index contributed by atoms with van der Waals surface area (Å²) in [7, 11) is 1.87. The summed E-state index contributed by atoms with van der Waals surface area (Å²) in [6, 6.07) is 13.1. The fraction of sp³-hybridized carbons (Fsp3) is 0.188. The predicted molar refractivity (Wildman–Crippen MR) is 78.1 cm³/mol. The molecule has 1 aromatic carbocycles. The maximum atomic E-state index is 11.5. The molecular formula is C16H15N3O. The Labute approximate surface area is 118 Å². The lowest BCUT2D eigenvalue weighted by Crippen LogP contribution is -2.12. The van der Waals surface area contributed by atoms with Crippen molar-refractivity contribution in [3.8, 4) is 6.07 Å². The molecule has 0 unspecified atom stereocenters. The number of benzene rings is 1. The van der Waals surface area contributed by atoms with Gasteiger partial charge in [0.2, 0.25) is 0 Å². The number of ketones is 1. The van der Waals surface area contributed by atoms with Gasteiger partial charge >= 0.3 is 0 Å². The van der Waals surface area contributed by atoms with Crippen LogP contribution in [0.3, 0.4) is 0 Å². The Morgan fingerprint density at radius 2 is 2.05 bits per heavy atom. The molecule has 0 fully saturated rings.